The summed E-state index contributed by atoms with van der Waals surface area (Å²) in [6.07, 6.45) is 3.28. The SMILES string of the molecule is CC(C)C(CN)c1nc(-c2ncccn2)no1. The first-order valence-corrected chi connectivity index (χ1v) is 5.53. The quantitative estimate of drug-likeness (QED) is 0.853. The molecule has 90 valence electrons. The van der Waals surface area contributed by atoms with Crippen molar-refractivity contribution in [2.75, 3.05) is 6.54 Å². The van der Waals surface area contributed by atoms with Gasteiger partial charge in [-0.3, -0.25) is 0 Å². The molecule has 0 bridgehead atoms. The molecule has 2 N–H and O–H groups in total. The van der Waals surface area contributed by atoms with Crippen LogP contribution >= 0.6 is 0 Å². The lowest BCUT2D eigenvalue weighted by Crippen LogP contribution is -2.18. The molecule has 2 aromatic heterocycles. The standard InChI is InChI=1S/C11H15N5O/c1-7(2)8(6-12)11-15-10(16-17-11)9-13-4-3-5-14-9/h3-5,7-8H,6,12H2,1-2H3. The molecule has 0 fully saturated rings. The molecule has 0 aliphatic rings. The largest absolute Gasteiger partial charge is 0.338 e. The molecule has 6 nitrogen and oxygen atoms in total. The van der Waals surface area contributed by atoms with Gasteiger partial charge in [0, 0.05) is 18.9 Å². The van der Waals surface area contributed by atoms with Crippen LogP contribution in [-0.4, -0.2) is 26.7 Å². The molecule has 2 rings (SSSR count). The van der Waals surface area contributed by atoms with Gasteiger partial charge < -0.3 is 10.3 Å². The fraction of sp³-hybridized carbons (Fsp3) is 0.455. The first-order valence-electron chi connectivity index (χ1n) is 5.53. The molecule has 17 heavy (non-hydrogen) atoms. The van der Waals surface area contributed by atoms with Crippen molar-refractivity contribution < 1.29 is 4.52 Å². The van der Waals surface area contributed by atoms with Crippen LogP contribution in [0.5, 0.6) is 0 Å². The fourth-order valence-corrected chi connectivity index (χ4v) is 1.55. The topological polar surface area (TPSA) is 90.7 Å². The Morgan fingerprint density at radius 3 is 2.53 bits per heavy atom. The highest BCUT2D eigenvalue weighted by molar-refractivity contribution is 5.40. The molecule has 0 spiro atoms. The average molecular weight is 233 g/mol. The Bertz CT molecular complexity index is 468. The normalized spacial score (nSPS) is 12.9. The van der Waals surface area contributed by atoms with Crippen LogP contribution in [0, 0.1) is 5.92 Å². The molecule has 6 heteroatoms. The maximum absolute atomic E-state index is 5.69. The molecule has 2 heterocycles. The second kappa shape index (κ2) is 5.01. The summed E-state index contributed by atoms with van der Waals surface area (Å²) in [4.78, 5) is 12.4. The number of hydrogen-bond donors (Lipinski definition) is 1. The van der Waals surface area contributed by atoms with E-state index in [-0.39, 0.29) is 5.92 Å². The molecule has 0 saturated heterocycles. The van der Waals surface area contributed by atoms with Crippen LogP contribution in [0.1, 0.15) is 25.7 Å². The van der Waals surface area contributed by atoms with Crippen molar-refractivity contribution in [3.05, 3.63) is 24.4 Å². The molecule has 2 aromatic rings. The van der Waals surface area contributed by atoms with Crippen molar-refractivity contribution in [3.8, 4) is 11.6 Å². The third-order valence-electron chi connectivity index (χ3n) is 2.58. The number of nitrogens with two attached hydrogens (primary N) is 1. The Morgan fingerprint density at radius 2 is 1.94 bits per heavy atom. The minimum Gasteiger partial charge on any atom is -0.338 e. The molecular formula is C11H15N5O. The van der Waals surface area contributed by atoms with E-state index in [1.54, 1.807) is 18.5 Å². The summed E-state index contributed by atoms with van der Waals surface area (Å²) in [5.74, 6) is 1.83. The summed E-state index contributed by atoms with van der Waals surface area (Å²) in [7, 11) is 0. The van der Waals surface area contributed by atoms with Gasteiger partial charge in [0.15, 0.2) is 0 Å². The van der Waals surface area contributed by atoms with Crippen molar-refractivity contribution in [3.63, 3.8) is 0 Å². The first kappa shape index (κ1) is 11.7. The van der Waals surface area contributed by atoms with Gasteiger partial charge in [-0.1, -0.05) is 19.0 Å². The zero-order valence-corrected chi connectivity index (χ0v) is 9.87. The van der Waals surface area contributed by atoms with Crippen molar-refractivity contribution in [2.24, 2.45) is 11.7 Å². The highest BCUT2D eigenvalue weighted by Gasteiger charge is 2.21. The second-order valence-corrected chi connectivity index (χ2v) is 4.11. The van der Waals surface area contributed by atoms with Crippen LogP contribution in [0.3, 0.4) is 0 Å². The van der Waals surface area contributed by atoms with Crippen LogP contribution in [0.4, 0.5) is 0 Å². The Morgan fingerprint density at radius 1 is 1.24 bits per heavy atom. The van der Waals surface area contributed by atoms with E-state index in [1.807, 2.05) is 0 Å². The summed E-state index contributed by atoms with van der Waals surface area (Å²) in [5, 5.41) is 3.87. The molecule has 0 amide bonds. The van der Waals surface area contributed by atoms with Gasteiger partial charge in [-0.25, -0.2) is 9.97 Å². The summed E-state index contributed by atoms with van der Waals surface area (Å²) >= 11 is 0. The van der Waals surface area contributed by atoms with E-state index in [4.69, 9.17) is 10.3 Å². The molecule has 0 aliphatic heterocycles. The van der Waals surface area contributed by atoms with Crippen LogP contribution in [0.25, 0.3) is 11.6 Å². The summed E-state index contributed by atoms with van der Waals surface area (Å²) in [5.41, 5.74) is 5.69. The summed E-state index contributed by atoms with van der Waals surface area (Å²) in [6, 6.07) is 1.74. The molecular weight excluding hydrogens is 218 g/mol. The first-order chi connectivity index (χ1) is 8.22. The van der Waals surface area contributed by atoms with Crippen molar-refractivity contribution >= 4 is 0 Å². The van der Waals surface area contributed by atoms with E-state index < -0.39 is 0 Å². The number of hydrogen-bond acceptors (Lipinski definition) is 6. The molecule has 0 radical (unpaired) electrons. The lowest BCUT2D eigenvalue weighted by atomic mass is 9.96. The van der Waals surface area contributed by atoms with Gasteiger partial charge in [-0.05, 0) is 12.0 Å². The summed E-state index contributed by atoms with van der Waals surface area (Å²) in [6.45, 7) is 4.62. The third kappa shape index (κ3) is 2.47. The average Bonchev–Trinajstić information content (AvgIpc) is 2.80. The Kier molecular flexibility index (Phi) is 3.43. The van der Waals surface area contributed by atoms with E-state index in [0.29, 0.717) is 30.0 Å². The molecule has 1 atom stereocenters. The number of rotatable bonds is 4. The van der Waals surface area contributed by atoms with Gasteiger partial charge in [0.2, 0.25) is 17.5 Å². The minimum absolute atomic E-state index is 0.0694. The van der Waals surface area contributed by atoms with Gasteiger partial charge in [0.1, 0.15) is 0 Å². The van der Waals surface area contributed by atoms with E-state index >= 15 is 0 Å². The third-order valence-corrected chi connectivity index (χ3v) is 2.58. The highest BCUT2D eigenvalue weighted by Crippen LogP contribution is 2.23. The van der Waals surface area contributed by atoms with E-state index in [2.05, 4.69) is 34.0 Å². The van der Waals surface area contributed by atoms with Gasteiger partial charge in [-0.2, -0.15) is 4.98 Å². The maximum atomic E-state index is 5.69. The predicted octanol–water partition coefficient (Wildman–Crippen LogP) is 1.22. The number of nitrogens with zero attached hydrogens (tertiary/aromatic N) is 4. The lowest BCUT2D eigenvalue weighted by molar-refractivity contribution is 0.324. The van der Waals surface area contributed by atoms with Crippen LogP contribution in [-0.2, 0) is 0 Å². The lowest BCUT2D eigenvalue weighted by Gasteiger charge is -2.13. The molecule has 1 unspecified atom stereocenters. The maximum Gasteiger partial charge on any atom is 0.240 e. The molecule has 0 saturated carbocycles. The monoisotopic (exact) mass is 233 g/mol. The van der Waals surface area contributed by atoms with E-state index in [0.717, 1.165) is 0 Å². The Labute approximate surface area is 99.3 Å². The van der Waals surface area contributed by atoms with Crippen molar-refractivity contribution in [1.29, 1.82) is 0 Å². The van der Waals surface area contributed by atoms with E-state index in [9.17, 15) is 0 Å². The second-order valence-electron chi connectivity index (χ2n) is 4.11. The Balaban J connectivity index is 2.27. The van der Waals surface area contributed by atoms with Crippen LogP contribution in [0.15, 0.2) is 23.0 Å². The number of aromatic nitrogens is 4. The zero-order chi connectivity index (χ0) is 12.3. The summed E-state index contributed by atoms with van der Waals surface area (Å²) < 4.78 is 5.21. The molecule has 0 aromatic carbocycles. The fourth-order valence-electron chi connectivity index (χ4n) is 1.55. The van der Waals surface area contributed by atoms with Crippen molar-refractivity contribution in [1.82, 2.24) is 20.1 Å². The predicted molar refractivity (Wildman–Crippen MR) is 62.0 cm³/mol. The van der Waals surface area contributed by atoms with Gasteiger partial charge in [0.05, 0.1) is 5.92 Å². The van der Waals surface area contributed by atoms with Crippen LogP contribution < -0.4 is 5.73 Å². The Hall–Kier alpha value is -1.82. The van der Waals surface area contributed by atoms with Crippen molar-refractivity contribution in [2.45, 2.75) is 19.8 Å². The minimum atomic E-state index is 0.0694. The highest BCUT2D eigenvalue weighted by atomic mass is 16.5. The van der Waals surface area contributed by atoms with Gasteiger partial charge in [0.25, 0.3) is 0 Å². The van der Waals surface area contributed by atoms with E-state index in [1.165, 1.54) is 0 Å². The van der Waals surface area contributed by atoms with Crippen LogP contribution in [0.2, 0.25) is 0 Å². The zero-order valence-electron chi connectivity index (χ0n) is 9.87. The smallest absolute Gasteiger partial charge is 0.240 e. The molecule has 0 aliphatic carbocycles. The van der Waals surface area contributed by atoms with Gasteiger partial charge >= 0.3 is 0 Å². The van der Waals surface area contributed by atoms with Gasteiger partial charge in [-0.15, -0.1) is 0 Å².